The molecule has 2 rings (SSSR count). The van der Waals surface area contributed by atoms with E-state index in [9.17, 15) is 14.4 Å². The van der Waals surface area contributed by atoms with Crippen LogP contribution in [0.5, 0.6) is 5.75 Å². The number of thiocarbonyl (C=S) groups is 1. The van der Waals surface area contributed by atoms with E-state index in [0.29, 0.717) is 10.7 Å². The van der Waals surface area contributed by atoms with Gasteiger partial charge < -0.3 is 14.9 Å². The topological polar surface area (TPSA) is 104 Å². The average Bonchev–Trinajstić information content (AvgIpc) is 2.76. The van der Waals surface area contributed by atoms with Crippen molar-refractivity contribution in [3.8, 4) is 5.75 Å². The number of carboxylic acids is 2. The van der Waals surface area contributed by atoms with Crippen molar-refractivity contribution in [1.82, 2.24) is 4.90 Å². The molecule has 24 heavy (non-hydrogen) atoms. The van der Waals surface area contributed by atoms with E-state index in [2.05, 4.69) is 0 Å². The highest BCUT2D eigenvalue weighted by molar-refractivity contribution is 8.26. The van der Waals surface area contributed by atoms with E-state index in [-0.39, 0.29) is 17.3 Å². The number of benzene rings is 1. The Hall–Kier alpha value is -2.39. The zero-order valence-corrected chi connectivity index (χ0v) is 13.9. The lowest BCUT2D eigenvalue weighted by Gasteiger charge is -2.10. The number of carbonyl (C=O) groups excluding carboxylic acids is 1. The zero-order chi connectivity index (χ0) is 17.7. The lowest BCUT2D eigenvalue weighted by Crippen LogP contribution is -2.33. The van der Waals surface area contributed by atoms with E-state index in [0.717, 1.165) is 22.2 Å². The predicted molar refractivity (Wildman–Crippen MR) is 91.7 cm³/mol. The third kappa shape index (κ3) is 4.80. The van der Waals surface area contributed by atoms with Crippen LogP contribution in [0, 0.1) is 0 Å². The number of carbonyl (C=O) groups is 3. The predicted octanol–water partition coefficient (Wildman–Crippen LogP) is 1.83. The summed E-state index contributed by atoms with van der Waals surface area (Å²) in [6.07, 6.45) is 1.52. The molecule has 1 amide bonds. The normalized spacial score (nSPS) is 15.8. The van der Waals surface area contributed by atoms with Crippen molar-refractivity contribution in [2.45, 2.75) is 6.42 Å². The minimum Gasteiger partial charge on any atom is -0.493 e. The molecule has 1 aliphatic rings. The Balaban J connectivity index is 2.03. The van der Waals surface area contributed by atoms with Crippen LogP contribution in [0.3, 0.4) is 0 Å². The van der Waals surface area contributed by atoms with Gasteiger partial charge in [0.05, 0.1) is 17.9 Å². The molecule has 0 aliphatic carbocycles. The van der Waals surface area contributed by atoms with Gasteiger partial charge in [0.1, 0.15) is 16.6 Å². The molecular weight excluding hydrogens is 354 g/mol. The fourth-order valence-electron chi connectivity index (χ4n) is 1.84. The van der Waals surface area contributed by atoms with Gasteiger partial charge in [-0.25, -0.2) is 0 Å². The van der Waals surface area contributed by atoms with Crippen LogP contribution in [0.2, 0.25) is 0 Å². The molecule has 2 N–H and O–H groups in total. The molecule has 1 heterocycles. The van der Waals surface area contributed by atoms with Crippen LogP contribution < -0.4 is 4.74 Å². The van der Waals surface area contributed by atoms with Crippen molar-refractivity contribution in [2.24, 2.45) is 0 Å². The molecule has 1 aliphatic heterocycles. The highest BCUT2D eigenvalue weighted by atomic mass is 32.2. The van der Waals surface area contributed by atoms with E-state index < -0.39 is 24.4 Å². The van der Waals surface area contributed by atoms with Gasteiger partial charge in [0.25, 0.3) is 5.91 Å². The van der Waals surface area contributed by atoms with Gasteiger partial charge in [0.2, 0.25) is 0 Å². The first-order valence-electron chi connectivity index (χ1n) is 6.78. The summed E-state index contributed by atoms with van der Waals surface area (Å²) >= 11 is 6.06. The quantitative estimate of drug-likeness (QED) is 0.556. The number of amides is 1. The summed E-state index contributed by atoms with van der Waals surface area (Å²) in [4.78, 5) is 34.7. The summed E-state index contributed by atoms with van der Waals surface area (Å²) in [6, 6.07) is 6.73. The van der Waals surface area contributed by atoms with E-state index >= 15 is 0 Å². The molecule has 0 aromatic heterocycles. The second-order valence-electron chi connectivity index (χ2n) is 4.72. The summed E-state index contributed by atoms with van der Waals surface area (Å²) in [6.45, 7) is -0.388. The van der Waals surface area contributed by atoms with Crippen LogP contribution in [0.1, 0.15) is 12.0 Å². The Morgan fingerprint density at radius 2 is 1.88 bits per heavy atom. The van der Waals surface area contributed by atoms with Crippen LogP contribution in [0.4, 0.5) is 0 Å². The Bertz CT molecular complexity index is 713. The largest absolute Gasteiger partial charge is 0.493 e. The third-order valence-electron chi connectivity index (χ3n) is 2.93. The summed E-state index contributed by atoms with van der Waals surface area (Å²) in [5.41, 5.74) is 0.719. The van der Waals surface area contributed by atoms with Gasteiger partial charge in [-0.15, -0.1) is 0 Å². The van der Waals surface area contributed by atoms with Crippen molar-refractivity contribution in [2.75, 3.05) is 13.2 Å². The Morgan fingerprint density at radius 3 is 2.46 bits per heavy atom. The van der Waals surface area contributed by atoms with Crippen LogP contribution in [0.25, 0.3) is 6.08 Å². The van der Waals surface area contributed by atoms with Crippen LogP contribution in [-0.4, -0.2) is 50.4 Å². The number of carboxylic acid groups (broad SMARTS) is 2. The highest BCUT2D eigenvalue weighted by Crippen LogP contribution is 2.32. The second kappa shape index (κ2) is 7.93. The smallest absolute Gasteiger partial charge is 0.323 e. The number of nitrogens with zero attached hydrogens (tertiary/aromatic N) is 1. The molecule has 0 spiro atoms. The van der Waals surface area contributed by atoms with Gasteiger partial charge in [0, 0.05) is 0 Å². The van der Waals surface area contributed by atoms with Crippen LogP contribution in [0.15, 0.2) is 29.2 Å². The summed E-state index contributed by atoms with van der Waals surface area (Å²) in [5.74, 6) is -1.98. The number of hydrogen-bond acceptors (Lipinski definition) is 6. The van der Waals surface area contributed by atoms with Crippen LogP contribution >= 0.6 is 24.0 Å². The molecule has 1 aromatic carbocycles. The van der Waals surface area contributed by atoms with Crippen molar-refractivity contribution in [1.29, 1.82) is 0 Å². The molecule has 126 valence electrons. The number of ether oxygens (including phenoxy) is 1. The SMILES string of the molecule is O=C(O)CCOc1ccc(/C=C2\SC(=S)N(CC(=O)O)C2=O)cc1. The molecular formula is C15H13NO6S2. The van der Waals surface area contributed by atoms with E-state index in [4.69, 9.17) is 27.2 Å². The van der Waals surface area contributed by atoms with E-state index in [1.54, 1.807) is 30.3 Å². The lowest BCUT2D eigenvalue weighted by molar-refractivity contribution is -0.140. The summed E-state index contributed by atoms with van der Waals surface area (Å²) in [7, 11) is 0. The molecule has 1 saturated heterocycles. The van der Waals surface area contributed by atoms with Crippen molar-refractivity contribution in [3.63, 3.8) is 0 Å². The lowest BCUT2D eigenvalue weighted by atomic mass is 10.2. The maximum atomic E-state index is 12.1. The van der Waals surface area contributed by atoms with E-state index in [1.807, 2.05) is 0 Å². The van der Waals surface area contributed by atoms with Gasteiger partial charge >= 0.3 is 11.9 Å². The van der Waals surface area contributed by atoms with Crippen molar-refractivity contribution < 1.29 is 29.3 Å². The molecule has 1 fully saturated rings. The van der Waals surface area contributed by atoms with Gasteiger partial charge in [-0.2, -0.15) is 0 Å². The number of aliphatic carboxylic acids is 2. The average molecular weight is 367 g/mol. The molecule has 7 nitrogen and oxygen atoms in total. The van der Waals surface area contributed by atoms with Crippen molar-refractivity contribution in [3.05, 3.63) is 34.7 Å². The van der Waals surface area contributed by atoms with Crippen molar-refractivity contribution >= 4 is 52.2 Å². The minimum absolute atomic E-state index is 0.0720. The van der Waals surface area contributed by atoms with Gasteiger partial charge in [-0.3, -0.25) is 19.3 Å². The Kier molecular flexibility index (Phi) is 5.93. The first-order valence-corrected chi connectivity index (χ1v) is 8.01. The number of rotatable bonds is 7. The minimum atomic E-state index is -1.13. The van der Waals surface area contributed by atoms with Gasteiger partial charge in [-0.05, 0) is 23.8 Å². The maximum Gasteiger partial charge on any atom is 0.323 e. The van der Waals surface area contributed by atoms with Crippen LogP contribution in [-0.2, 0) is 14.4 Å². The third-order valence-corrected chi connectivity index (χ3v) is 4.31. The molecule has 0 bridgehead atoms. The Labute approximate surface area is 146 Å². The summed E-state index contributed by atoms with van der Waals surface area (Å²) < 4.78 is 5.48. The van der Waals surface area contributed by atoms with Gasteiger partial charge in [-0.1, -0.05) is 36.1 Å². The Morgan fingerprint density at radius 1 is 1.21 bits per heavy atom. The van der Waals surface area contributed by atoms with E-state index in [1.165, 1.54) is 0 Å². The summed E-state index contributed by atoms with van der Waals surface area (Å²) in [5, 5.41) is 17.3. The number of thioether (sulfide) groups is 1. The zero-order valence-electron chi connectivity index (χ0n) is 12.3. The molecule has 0 unspecified atom stereocenters. The maximum absolute atomic E-state index is 12.1. The fourth-order valence-corrected chi connectivity index (χ4v) is 3.09. The molecule has 0 saturated carbocycles. The molecule has 0 radical (unpaired) electrons. The number of hydrogen-bond donors (Lipinski definition) is 2. The molecule has 1 aromatic rings. The first-order chi connectivity index (χ1) is 11.4. The molecule has 0 atom stereocenters. The first kappa shape index (κ1) is 18.0. The molecule has 9 heteroatoms. The monoisotopic (exact) mass is 367 g/mol. The second-order valence-corrected chi connectivity index (χ2v) is 6.40. The standard InChI is InChI=1S/C15H13NO6S2/c17-12(18)5-6-22-10-3-1-9(2-4-10)7-11-14(21)16(8-13(19)20)15(23)24-11/h1-4,7H,5-6,8H2,(H,17,18)(H,19,20)/b11-7-. The van der Waals surface area contributed by atoms with Gasteiger partial charge in [0.15, 0.2) is 0 Å². The highest BCUT2D eigenvalue weighted by Gasteiger charge is 2.33. The fraction of sp³-hybridized carbons (Fsp3) is 0.200.